The van der Waals surface area contributed by atoms with Crippen LogP contribution in [0.15, 0.2) is 83.7 Å². The zero-order chi connectivity index (χ0) is 22.5. The molecule has 0 bridgehead atoms. The van der Waals surface area contributed by atoms with Gasteiger partial charge in [0.05, 0.1) is 5.56 Å². The van der Waals surface area contributed by atoms with Crippen molar-refractivity contribution in [3.8, 4) is 17.1 Å². The molecule has 0 saturated heterocycles. The van der Waals surface area contributed by atoms with E-state index in [1.807, 2.05) is 60.7 Å². The minimum atomic E-state index is -0.486. The van der Waals surface area contributed by atoms with E-state index >= 15 is 0 Å². The summed E-state index contributed by atoms with van der Waals surface area (Å²) in [6.45, 7) is 2.44. The van der Waals surface area contributed by atoms with Crippen LogP contribution in [0, 0.1) is 12.7 Å². The second kappa shape index (κ2) is 9.64. The number of aromatic nitrogens is 2. The number of para-hydroxylation sites is 1. The van der Waals surface area contributed by atoms with Gasteiger partial charge in [0.1, 0.15) is 20.3 Å². The fourth-order valence-electron chi connectivity index (χ4n) is 3.62. The maximum Gasteiger partial charge on any atom is 0.247 e. The lowest BCUT2D eigenvalue weighted by Gasteiger charge is -2.18. The summed E-state index contributed by atoms with van der Waals surface area (Å²) in [6, 6.07) is 24.3. The molecule has 6 heteroatoms. The third-order valence-corrected chi connectivity index (χ3v) is 5.54. The van der Waals surface area contributed by atoms with E-state index in [4.69, 9.17) is 4.74 Å². The quantitative estimate of drug-likeness (QED) is 0.426. The highest BCUT2D eigenvalue weighted by atomic mass is 19.1. The average molecular weight is 426 g/mol. The van der Waals surface area contributed by atoms with Crippen molar-refractivity contribution in [2.75, 3.05) is 0 Å². The van der Waals surface area contributed by atoms with Gasteiger partial charge in [-0.25, -0.2) is 9.37 Å². The van der Waals surface area contributed by atoms with Crippen LogP contribution in [0.4, 0.5) is 4.39 Å². The maximum atomic E-state index is 14.9. The molecule has 160 valence electrons. The van der Waals surface area contributed by atoms with Crippen molar-refractivity contribution >= 4 is 13.3 Å². The van der Waals surface area contributed by atoms with Crippen molar-refractivity contribution in [2.24, 2.45) is 0 Å². The first-order valence-electron chi connectivity index (χ1n) is 10.6. The van der Waals surface area contributed by atoms with E-state index in [1.165, 1.54) is 6.07 Å². The van der Waals surface area contributed by atoms with Crippen molar-refractivity contribution < 1.29 is 9.13 Å². The number of ether oxygens (including phenoxy) is 1. The van der Waals surface area contributed by atoms with Gasteiger partial charge in [-0.3, -0.25) is 9.36 Å². The highest BCUT2D eigenvalue weighted by Crippen LogP contribution is 2.31. The van der Waals surface area contributed by atoms with Gasteiger partial charge < -0.3 is 4.74 Å². The SMILES string of the molecule is Bc1c(C)nc(-c2cccc(F)c2OCc2ccccc2)n(CCc2ccccc2)c1=O. The summed E-state index contributed by atoms with van der Waals surface area (Å²) in [5, 5.41) is 0. The second-order valence-electron chi connectivity index (χ2n) is 7.73. The second-order valence-corrected chi connectivity index (χ2v) is 7.73. The van der Waals surface area contributed by atoms with Gasteiger partial charge in [-0.05, 0) is 42.1 Å². The minimum Gasteiger partial charge on any atom is -0.485 e. The Morgan fingerprint density at radius 1 is 0.938 bits per heavy atom. The Labute approximate surface area is 187 Å². The molecule has 0 fully saturated rings. The molecule has 0 amide bonds. The van der Waals surface area contributed by atoms with E-state index in [-0.39, 0.29) is 17.9 Å². The van der Waals surface area contributed by atoms with Crippen LogP contribution in [0.1, 0.15) is 16.8 Å². The van der Waals surface area contributed by atoms with E-state index < -0.39 is 5.82 Å². The first-order valence-corrected chi connectivity index (χ1v) is 10.6. The van der Waals surface area contributed by atoms with Crippen molar-refractivity contribution in [1.82, 2.24) is 9.55 Å². The summed E-state index contributed by atoms with van der Waals surface area (Å²) >= 11 is 0. The predicted octanol–water partition coefficient (Wildman–Crippen LogP) is 3.44. The molecule has 0 aliphatic heterocycles. The molecule has 0 atom stereocenters. The molecule has 1 heterocycles. The topological polar surface area (TPSA) is 44.1 Å². The fraction of sp³-hybridized carbons (Fsp3) is 0.154. The van der Waals surface area contributed by atoms with Crippen LogP contribution in [-0.4, -0.2) is 17.4 Å². The molecule has 0 aliphatic rings. The number of nitrogens with zero attached hydrogens (tertiary/aromatic N) is 2. The Morgan fingerprint density at radius 2 is 1.59 bits per heavy atom. The van der Waals surface area contributed by atoms with Crippen LogP contribution < -0.4 is 15.8 Å². The molecule has 1 aromatic heterocycles. The van der Waals surface area contributed by atoms with Gasteiger partial charge in [-0.1, -0.05) is 66.7 Å². The minimum absolute atomic E-state index is 0.0972. The molecule has 4 nitrogen and oxygen atoms in total. The summed E-state index contributed by atoms with van der Waals surface area (Å²) in [6.07, 6.45) is 0.660. The Morgan fingerprint density at radius 3 is 2.28 bits per heavy atom. The maximum absolute atomic E-state index is 14.9. The highest BCUT2D eigenvalue weighted by molar-refractivity contribution is 6.32. The van der Waals surface area contributed by atoms with E-state index in [0.717, 1.165) is 11.1 Å². The first kappa shape index (κ1) is 21.6. The van der Waals surface area contributed by atoms with Crippen LogP contribution in [0.2, 0.25) is 0 Å². The number of hydrogen-bond acceptors (Lipinski definition) is 3. The van der Waals surface area contributed by atoms with Gasteiger partial charge in [0.25, 0.3) is 0 Å². The largest absolute Gasteiger partial charge is 0.485 e. The van der Waals surface area contributed by atoms with Gasteiger partial charge >= 0.3 is 0 Å². The summed E-state index contributed by atoms with van der Waals surface area (Å²) in [5.41, 5.74) is 3.60. The number of aryl methyl sites for hydroxylation is 2. The molecular formula is C26H24BFN2O2. The normalized spacial score (nSPS) is 10.8. The molecule has 4 aromatic rings. The van der Waals surface area contributed by atoms with Gasteiger partial charge in [0, 0.05) is 12.2 Å². The molecule has 32 heavy (non-hydrogen) atoms. The van der Waals surface area contributed by atoms with Gasteiger partial charge in [-0.2, -0.15) is 0 Å². The van der Waals surface area contributed by atoms with Gasteiger partial charge in [-0.15, -0.1) is 0 Å². The van der Waals surface area contributed by atoms with E-state index in [2.05, 4.69) is 4.98 Å². The Bertz CT molecular complexity index is 1270. The number of hydrogen-bond donors (Lipinski definition) is 0. The number of rotatable bonds is 7. The molecule has 0 radical (unpaired) electrons. The summed E-state index contributed by atoms with van der Waals surface area (Å²) in [7, 11) is 1.77. The molecule has 0 aliphatic carbocycles. The Hall–Kier alpha value is -3.67. The van der Waals surface area contributed by atoms with E-state index in [9.17, 15) is 9.18 Å². The van der Waals surface area contributed by atoms with Crippen LogP contribution in [0.5, 0.6) is 5.75 Å². The van der Waals surface area contributed by atoms with Crippen molar-refractivity contribution in [1.29, 1.82) is 0 Å². The standard InChI is InChI=1S/C26H24BFN2O2/c1-18-23(27)26(31)30(16-15-19-9-4-2-5-10-19)25(29-18)21-13-8-14-22(28)24(21)32-17-20-11-6-3-7-12-20/h2-14H,15-17,27H2,1H3. The molecule has 0 N–H and O–H groups in total. The molecule has 0 unspecified atom stereocenters. The van der Waals surface area contributed by atoms with Crippen molar-refractivity contribution in [2.45, 2.75) is 26.5 Å². The Kier molecular flexibility index (Phi) is 6.50. The molecule has 3 aromatic carbocycles. The summed E-state index contributed by atoms with van der Waals surface area (Å²) in [4.78, 5) is 17.9. The van der Waals surface area contributed by atoms with Crippen molar-refractivity contribution in [3.05, 3.63) is 112 Å². The van der Waals surface area contributed by atoms with E-state index in [0.29, 0.717) is 35.5 Å². The number of benzene rings is 3. The van der Waals surface area contributed by atoms with Crippen molar-refractivity contribution in [3.63, 3.8) is 0 Å². The van der Waals surface area contributed by atoms with Crippen LogP contribution in [0.25, 0.3) is 11.4 Å². The molecule has 0 spiro atoms. The van der Waals surface area contributed by atoms with E-state index in [1.54, 1.807) is 31.5 Å². The Balaban J connectivity index is 1.75. The average Bonchev–Trinajstić information content (AvgIpc) is 2.82. The molecule has 0 saturated carbocycles. The first-order chi connectivity index (χ1) is 15.5. The highest BCUT2D eigenvalue weighted by Gasteiger charge is 2.19. The lowest BCUT2D eigenvalue weighted by Crippen LogP contribution is -2.39. The van der Waals surface area contributed by atoms with Crippen LogP contribution >= 0.6 is 0 Å². The molecule has 4 rings (SSSR count). The monoisotopic (exact) mass is 426 g/mol. The lowest BCUT2D eigenvalue weighted by atomic mass is 9.95. The number of halogens is 1. The van der Waals surface area contributed by atoms with Crippen LogP contribution in [0.3, 0.4) is 0 Å². The smallest absolute Gasteiger partial charge is 0.247 e. The van der Waals surface area contributed by atoms with Gasteiger partial charge in [0.2, 0.25) is 5.56 Å². The van der Waals surface area contributed by atoms with Gasteiger partial charge in [0.15, 0.2) is 11.6 Å². The predicted molar refractivity (Wildman–Crippen MR) is 128 cm³/mol. The zero-order valence-electron chi connectivity index (χ0n) is 18.2. The summed E-state index contributed by atoms with van der Waals surface area (Å²) < 4.78 is 22.4. The molecular weight excluding hydrogens is 402 g/mol. The third-order valence-electron chi connectivity index (χ3n) is 5.54. The lowest BCUT2D eigenvalue weighted by molar-refractivity contribution is 0.291. The zero-order valence-corrected chi connectivity index (χ0v) is 18.2. The van der Waals surface area contributed by atoms with Crippen LogP contribution in [-0.2, 0) is 19.6 Å². The third kappa shape index (κ3) is 4.64. The summed E-state index contributed by atoms with van der Waals surface area (Å²) in [5.74, 6) is 0.0251. The fourth-order valence-corrected chi connectivity index (χ4v) is 3.62.